The second kappa shape index (κ2) is 4.95. The van der Waals surface area contributed by atoms with Crippen LogP contribution in [0.1, 0.15) is 47.7 Å². The molecular weight excluding hydrogens is 289 g/mol. The van der Waals surface area contributed by atoms with Gasteiger partial charge in [0.2, 0.25) is 0 Å². The Balaban J connectivity index is 1.95. The Bertz CT molecular complexity index is 913. The third-order valence-electron chi connectivity index (χ3n) is 5.48. The van der Waals surface area contributed by atoms with Gasteiger partial charge in [-0.15, -0.1) is 0 Å². The Labute approximate surface area is 135 Å². The molecule has 0 atom stereocenters. The maximum Gasteiger partial charge on any atom is 0.147 e. The monoisotopic (exact) mass is 311 g/mol. The van der Waals surface area contributed by atoms with Crippen LogP contribution in [0.25, 0.3) is 22.2 Å². The van der Waals surface area contributed by atoms with Gasteiger partial charge in [0.05, 0.1) is 16.9 Å². The van der Waals surface area contributed by atoms with E-state index >= 15 is 0 Å². The van der Waals surface area contributed by atoms with Crippen LogP contribution in [0.3, 0.4) is 0 Å². The van der Waals surface area contributed by atoms with Crippen LogP contribution in [0.5, 0.6) is 0 Å². The number of rotatable bonds is 2. The van der Waals surface area contributed by atoms with Crippen molar-refractivity contribution in [1.29, 1.82) is 0 Å². The molecule has 0 unspecified atom stereocenters. The van der Waals surface area contributed by atoms with Crippen LogP contribution < -0.4 is 0 Å². The molecule has 1 fully saturated rings. The second-order valence-electron chi connectivity index (χ2n) is 6.85. The van der Waals surface area contributed by atoms with Crippen molar-refractivity contribution in [2.24, 2.45) is 7.05 Å². The third kappa shape index (κ3) is 2.04. The lowest BCUT2D eigenvalue weighted by Crippen LogP contribution is -2.08. The number of hydrogen-bond donors (Lipinski definition) is 1. The van der Waals surface area contributed by atoms with Crippen molar-refractivity contribution in [2.75, 3.05) is 0 Å². The van der Waals surface area contributed by atoms with Crippen molar-refractivity contribution in [1.82, 2.24) is 14.8 Å². The molecule has 4 rings (SSSR count). The summed E-state index contributed by atoms with van der Waals surface area (Å²) in [6.07, 6.45) is 3.62. The van der Waals surface area contributed by atoms with Crippen LogP contribution in [-0.4, -0.2) is 14.8 Å². The van der Waals surface area contributed by atoms with E-state index in [1.165, 1.54) is 19.3 Å². The number of halogens is 1. The Morgan fingerprint density at radius 1 is 1.22 bits per heavy atom. The highest BCUT2D eigenvalue weighted by Crippen LogP contribution is 2.40. The molecule has 23 heavy (non-hydrogen) atoms. The summed E-state index contributed by atoms with van der Waals surface area (Å²) in [6.45, 7) is 6.13. The molecular formula is C19H22FN3. The zero-order valence-electron chi connectivity index (χ0n) is 14.1. The molecule has 4 heteroatoms. The number of aromatic amines is 1. The standard InChI is InChI=1S/C19H22FN3/c1-10-15-8-14(13-6-5-7-13)9-16(20)19(15)21-18(10)17-11(2)22-23(4)12(17)3/h8-9,13,21H,5-7H2,1-4H3. The number of aryl methyl sites for hydroxylation is 3. The van der Waals surface area contributed by atoms with Gasteiger partial charge in [0, 0.05) is 23.7 Å². The van der Waals surface area contributed by atoms with Gasteiger partial charge in [0.1, 0.15) is 5.82 Å². The van der Waals surface area contributed by atoms with Gasteiger partial charge in [-0.2, -0.15) is 5.10 Å². The fourth-order valence-electron chi connectivity index (χ4n) is 3.77. The molecule has 120 valence electrons. The first kappa shape index (κ1) is 14.5. The van der Waals surface area contributed by atoms with Crippen LogP contribution in [0.15, 0.2) is 12.1 Å². The molecule has 1 aliphatic rings. The van der Waals surface area contributed by atoms with E-state index in [1.54, 1.807) is 6.07 Å². The number of H-pyrrole nitrogens is 1. The molecule has 0 radical (unpaired) electrons. The minimum absolute atomic E-state index is 0.141. The van der Waals surface area contributed by atoms with E-state index in [2.05, 4.69) is 30.0 Å². The molecule has 1 aromatic carbocycles. The van der Waals surface area contributed by atoms with Crippen LogP contribution in [0.4, 0.5) is 4.39 Å². The van der Waals surface area contributed by atoms with E-state index in [0.717, 1.165) is 39.2 Å². The lowest BCUT2D eigenvalue weighted by Gasteiger charge is -2.25. The number of nitrogens with one attached hydrogen (secondary N) is 1. The van der Waals surface area contributed by atoms with Crippen molar-refractivity contribution in [3.8, 4) is 11.3 Å². The predicted molar refractivity (Wildman–Crippen MR) is 91.3 cm³/mol. The zero-order valence-corrected chi connectivity index (χ0v) is 14.1. The summed E-state index contributed by atoms with van der Waals surface area (Å²) in [7, 11) is 1.94. The predicted octanol–water partition coefficient (Wildman–Crippen LogP) is 4.90. The first-order chi connectivity index (χ1) is 11.0. The molecule has 2 aromatic heterocycles. The van der Waals surface area contributed by atoms with Gasteiger partial charge in [-0.3, -0.25) is 4.68 Å². The highest BCUT2D eigenvalue weighted by Gasteiger charge is 2.23. The highest BCUT2D eigenvalue weighted by atomic mass is 19.1. The van der Waals surface area contributed by atoms with Gasteiger partial charge in [-0.05, 0) is 62.8 Å². The minimum atomic E-state index is -0.141. The zero-order chi connectivity index (χ0) is 16.3. The Kier molecular flexibility index (Phi) is 3.12. The average molecular weight is 311 g/mol. The molecule has 1 aliphatic carbocycles. The molecule has 0 aliphatic heterocycles. The van der Waals surface area contributed by atoms with Crippen LogP contribution in [0.2, 0.25) is 0 Å². The Morgan fingerprint density at radius 3 is 2.52 bits per heavy atom. The highest BCUT2D eigenvalue weighted by molar-refractivity contribution is 5.92. The van der Waals surface area contributed by atoms with E-state index in [9.17, 15) is 4.39 Å². The van der Waals surface area contributed by atoms with Crippen molar-refractivity contribution < 1.29 is 4.39 Å². The summed E-state index contributed by atoms with van der Waals surface area (Å²) in [6, 6.07) is 3.90. The van der Waals surface area contributed by atoms with Crippen LogP contribution in [-0.2, 0) is 7.05 Å². The number of aromatic nitrogens is 3. The maximum absolute atomic E-state index is 14.6. The first-order valence-electron chi connectivity index (χ1n) is 8.29. The molecule has 3 nitrogen and oxygen atoms in total. The number of benzene rings is 1. The van der Waals surface area contributed by atoms with Crippen molar-refractivity contribution >= 4 is 10.9 Å². The molecule has 3 aromatic rings. The van der Waals surface area contributed by atoms with E-state index in [1.807, 2.05) is 18.7 Å². The van der Waals surface area contributed by atoms with Crippen molar-refractivity contribution in [3.05, 3.63) is 40.5 Å². The molecule has 1 saturated carbocycles. The SMILES string of the molecule is Cc1nn(C)c(C)c1-c1[nH]c2c(F)cc(C3CCC3)cc2c1C. The van der Waals surface area contributed by atoms with Gasteiger partial charge in [-0.1, -0.05) is 6.42 Å². The van der Waals surface area contributed by atoms with E-state index in [4.69, 9.17) is 0 Å². The van der Waals surface area contributed by atoms with Gasteiger partial charge in [-0.25, -0.2) is 4.39 Å². The molecule has 0 saturated heterocycles. The summed E-state index contributed by atoms with van der Waals surface area (Å²) < 4.78 is 16.5. The van der Waals surface area contributed by atoms with Crippen molar-refractivity contribution in [2.45, 2.75) is 46.0 Å². The summed E-state index contributed by atoms with van der Waals surface area (Å²) >= 11 is 0. The van der Waals surface area contributed by atoms with E-state index in [0.29, 0.717) is 11.4 Å². The number of fused-ring (bicyclic) bond motifs is 1. The van der Waals surface area contributed by atoms with E-state index < -0.39 is 0 Å². The largest absolute Gasteiger partial charge is 0.352 e. The molecule has 2 heterocycles. The summed E-state index contributed by atoms with van der Waals surface area (Å²) in [5.74, 6) is 0.395. The van der Waals surface area contributed by atoms with Gasteiger partial charge < -0.3 is 4.98 Å². The number of nitrogens with zero attached hydrogens (tertiary/aromatic N) is 2. The fourth-order valence-corrected chi connectivity index (χ4v) is 3.77. The fraction of sp³-hybridized carbons (Fsp3) is 0.421. The first-order valence-corrected chi connectivity index (χ1v) is 8.29. The lowest BCUT2D eigenvalue weighted by molar-refractivity contribution is 0.418. The third-order valence-corrected chi connectivity index (χ3v) is 5.48. The smallest absolute Gasteiger partial charge is 0.147 e. The van der Waals surface area contributed by atoms with Crippen LogP contribution in [0, 0.1) is 26.6 Å². The summed E-state index contributed by atoms with van der Waals surface area (Å²) in [4.78, 5) is 3.32. The minimum Gasteiger partial charge on any atom is -0.352 e. The Morgan fingerprint density at radius 2 is 1.96 bits per heavy atom. The van der Waals surface area contributed by atoms with Gasteiger partial charge in [0.25, 0.3) is 0 Å². The van der Waals surface area contributed by atoms with E-state index in [-0.39, 0.29) is 5.82 Å². The lowest BCUT2D eigenvalue weighted by atomic mass is 9.79. The summed E-state index contributed by atoms with van der Waals surface area (Å²) in [5, 5.41) is 5.50. The Hall–Kier alpha value is -2.10. The molecule has 0 spiro atoms. The number of hydrogen-bond acceptors (Lipinski definition) is 1. The quantitative estimate of drug-likeness (QED) is 0.717. The normalized spacial score (nSPS) is 15.3. The van der Waals surface area contributed by atoms with Gasteiger partial charge >= 0.3 is 0 Å². The molecule has 1 N–H and O–H groups in total. The van der Waals surface area contributed by atoms with Crippen LogP contribution >= 0.6 is 0 Å². The molecule has 0 bridgehead atoms. The van der Waals surface area contributed by atoms with Gasteiger partial charge in [0.15, 0.2) is 0 Å². The summed E-state index contributed by atoms with van der Waals surface area (Å²) in [5.41, 5.74) is 7.02. The van der Waals surface area contributed by atoms with Crippen molar-refractivity contribution in [3.63, 3.8) is 0 Å². The average Bonchev–Trinajstić information content (AvgIpc) is 2.87. The topological polar surface area (TPSA) is 33.6 Å². The second-order valence-corrected chi connectivity index (χ2v) is 6.85. The maximum atomic E-state index is 14.6. The molecule has 0 amide bonds.